The van der Waals surface area contributed by atoms with Crippen molar-refractivity contribution in [3.05, 3.63) is 238 Å². The number of hydrogen-bond acceptors (Lipinski definition) is 1. The van der Waals surface area contributed by atoms with Crippen molar-refractivity contribution >= 4 is 22.6 Å². The summed E-state index contributed by atoms with van der Waals surface area (Å²) in [4.78, 5) is 2.43. The molecule has 0 aromatic heterocycles. The van der Waals surface area contributed by atoms with E-state index in [0.29, 0.717) is 0 Å². The topological polar surface area (TPSA) is 3.24 Å². The van der Waals surface area contributed by atoms with Crippen LogP contribution in [0.2, 0.25) is 0 Å². The monoisotopic (exact) mass is 739 g/mol. The van der Waals surface area contributed by atoms with Crippen molar-refractivity contribution in [1.29, 1.82) is 0 Å². The number of nitrogens with zero attached hydrogens (tertiary/aromatic N) is 1. The summed E-state index contributed by atoms with van der Waals surface area (Å²) in [6.07, 6.45) is 17.0. The van der Waals surface area contributed by atoms with Gasteiger partial charge in [0, 0.05) is 22.5 Å². The van der Waals surface area contributed by atoms with Crippen molar-refractivity contribution in [2.24, 2.45) is 0 Å². The molecule has 6 aromatic carbocycles. The predicted octanol–water partition coefficient (Wildman–Crippen LogP) is 14.6. The van der Waals surface area contributed by atoms with Gasteiger partial charge in [0.1, 0.15) is 0 Å². The second kappa shape index (κ2) is 12.3. The molecule has 1 spiro atoms. The van der Waals surface area contributed by atoms with Crippen LogP contribution in [-0.4, -0.2) is 0 Å². The summed E-state index contributed by atoms with van der Waals surface area (Å²) in [6.45, 7) is 4.73. The fourth-order valence-electron chi connectivity index (χ4n) is 11.2. The molecule has 274 valence electrons. The first-order valence-electron chi connectivity index (χ1n) is 20.7. The highest BCUT2D eigenvalue weighted by Gasteiger charge is 2.55. The average molecular weight is 740 g/mol. The molecule has 6 aromatic rings. The van der Waals surface area contributed by atoms with E-state index in [-0.39, 0.29) is 10.8 Å². The second-order valence-electron chi connectivity index (χ2n) is 16.9. The third-order valence-corrected chi connectivity index (χ3v) is 13.7. The Morgan fingerprint density at radius 3 is 1.98 bits per heavy atom. The zero-order valence-electron chi connectivity index (χ0n) is 32.8. The molecule has 0 amide bonds. The van der Waals surface area contributed by atoms with Crippen molar-refractivity contribution < 1.29 is 0 Å². The summed E-state index contributed by atoms with van der Waals surface area (Å²) in [6, 6.07) is 52.0. The van der Waals surface area contributed by atoms with E-state index >= 15 is 0 Å². The van der Waals surface area contributed by atoms with Crippen LogP contribution in [0.25, 0.3) is 39.0 Å². The van der Waals surface area contributed by atoms with Gasteiger partial charge < -0.3 is 4.90 Å². The molecule has 6 aliphatic rings. The molecule has 0 bridgehead atoms. The van der Waals surface area contributed by atoms with Gasteiger partial charge in [-0.05, 0) is 157 Å². The Kier molecular flexibility index (Phi) is 7.06. The van der Waals surface area contributed by atoms with Crippen molar-refractivity contribution in [3.8, 4) is 33.4 Å². The van der Waals surface area contributed by atoms with Crippen LogP contribution < -0.4 is 4.90 Å². The minimum Gasteiger partial charge on any atom is -0.310 e. The zero-order valence-corrected chi connectivity index (χ0v) is 32.8. The van der Waals surface area contributed by atoms with Crippen molar-refractivity contribution in [3.63, 3.8) is 0 Å². The summed E-state index contributed by atoms with van der Waals surface area (Å²) in [5, 5.41) is 0. The molecule has 0 radical (unpaired) electrons. The number of allylic oxidation sites excluding steroid dienone is 12. The summed E-state index contributed by atoms with van der Waals surface area (Å²) >= 11 is 0. The Morgan fingerprint density at radius 2 is 1.16 bits per heavy atom. The summed E-state index contributed by atoms with van der Waals surface area (Å²) < 4.78 is 0. The van der Waals surface area contributed by atoms with E-state index < -0.39 is 0 Å². The molecule has 0 aliphatic heterocycles. The molecule has 0 heterocycles. The van der Waals surface area contributed by atoms with E-state index in [1.807, 2.05) is 0 Å². The quantitative estimate of drug-likeness (QED) is 0.159. The predicted molar refractivity (Wildman–Crippen MR) is 241 cm³/mol. The van der Waals surface area contributed by atoms with Crippen molar-refractivity contribution in [2.45, 2.75) is 43.9 Å². The van der Waals surface area contributed by atoms with Gasteiger partial charge in [0.25, 0.3) is 0 Å². The van der Waals surface area contributed by atoms with Crippen LogP contribution in [0.4, 0.5) is 17.1 Å². The molecule has 1 nitrogen and oxygen atoms in total. The molecule has 12 rings (SSSR count). The molecule has 6 aliphatic carbocycles. The molecule has 1 atom stereocenters. The molecular formula is C57H41N. The van der Waals surface area contributed by atoms with Gasteiger partial charge in [-0.15, -0.1) is 0 Å². The Morgan fingerprint density at radius 1 is 0.500 bits per heavy atom. The largest absolute Gasteiger partial charge is 0.310 e. The van der Waals surface area contributed by atoms with E-state index in [4.69, 9.17) is 0 Å². The van der Waals surface area contributed by atoms with E-state index in [1.54, 1.807) is 5.57 Å². The molecule has 0 saturated heterocycles. The zero-order chi connectivity index (χ0) is 38.6. The van der Waals surface area contributed by atoms with Crippen LogP contribution in [0.5, 0.6) is 0 Å². The molecule has 0 N–H and O–H groups in total. The maximum Gasteiger partial charge on any atom is 0.0667 e. The summed E-state index contributed by atoms with van der Waals surface area (Å²) in [5.74, 6) is 0. The van der Waals surface area contributed by atoms with Gasteiger partial charge in [0.2, 0.25) is 0 Å². The first kappa shape index (κ1) is 33.3. The van der Waals surface area contributed by atoms with Crippen LogP contribution in [-0.2, 0) is 10.8 Å². The molecule has 1 unspecified atom stereocenters. The van der Waals surface area contributed by atoms with Gasteiger partial charge in [-0.1, -0.05) is 153 Å². The van der Waals surface area contributed by atoms with Crippen LogP contribution in [0.1, 0.15) is 55.4 Å². The van der Waals surface area contributed by atoms with Crippen LogP contribution in [0.3, 0.4) is 0 Å². The van der Waals surface area contributed by atoms with Gasteiger partial charge in [-0.3, -0.25) is 0 Å². The Bertz CT molecular complexity index is 3030. The summed E-state index contributed by atoms with van der Waals surface area (Å²) in [5.41, 5.74) is 31.5. The Balaban J connectivity index is 1.00. The van der Waals surface area contributed by atoms with Crippen LogP contribution in [0, 0.1) is 0 Å². The Labute approximate surface area is 341 Å². The molecule has 1 heteroatoms. The number of rotatable bonds is 5. The highest BCUT2D eigenvalue weighted by molar-refractivity contribution is 5.98. The minimum atomic E-state index is -0.286. The van der Waals surface area contributed by atoms with Crippen LogP contribution in [0.15, 0.2) is 215 Å². The second-order valence-corrected chi connectivity index (χ2v) is 16.9. The van der Waals surface area contributed by atoms with Crippen molar-refractivity contribution in [2.75, 3.05) is 4.90 Å². The van der Waals surface area contributed by atoms with E-state index in [0.717, 1.165) is 36.3 Å². The van der Waals surface area contributed by atoms with Gasteiger partial charge in [-0.25, -0.2) is 0 Å². The number of benzene rings is 6. The molecule has 0 fully saturated rings. The Hall–Kier alpha value is -6.88. The molecule has 0 saturated carbocycles. The highest BCUT2D eigenvalue weighted by atomic mass is 15.1. The van der Waals surface area contributed by atoms with E-state index in [2.05, 4.69) is 206 Å². The number of fused-ring (bicyclic) bond motifs is 10. The van der Waals surface area contributed by atoms with E-state index in [9.17, 15) is 0 Å². The number of anilines is 3. The highest BCUT2D eigenvalue weighted by Crippen LogP contribution is 2.66. The molecule has 58 heavy (non-hydrogen) atoms. The SMILES string of the molecule is CC1(C)c2ccccc2-c2ccc(N(c3ccc(-c4ccccc4)cc3)c3ccc(-c4cccc5c4C4(C6=C(C=C=C=C6)C6=C4CC=C6)C4=C5C=CCC4)cc3)cc21. The fraction of sp³-hybridized carbons (Fsp3) is 0.123. The lowest BCUT2D eigenvalue weighted by Gasteiger charge is -2.37. The van der Waals surface area contributed by atoms with Gasteiger partial charge in [0.15, 0.2) is 0 Å². The van der Waals surface area contributed by atoms with Crippen LogP contribution >= 0.6 is 0 Å². The third kappa shape index (κ3) is 4.49. The lowest BCUT2D eigenvalue weighted by Crippen LogP contribution is -2.30. The smallest absolute Gasteiger partial charge is 0.0667 e. The molecular weight excluding hydrogens is 699 g/mol. The normalized spacial score (nSPS) is 19.5. The third-order valence-electron chi connectivity index (χ3n) is 13.7. The average Bonchev–Trinajstić information content (AvgIpc) is 4.01. The maximum absolute atomic E-state index is 3.39. The summed E-state index contributed by atoms with van der Waals surface area (Å²) in [7, 11) is 0. The lowest BCUT2D eigenvalue weighted by atomic mass is 9.64. The minimum absolute atomic E-state index is 0.0978. The first-order chi connectivity index (χ1) is 28.5. The maximum atomic E-state index is 3.39. The van der Waals surface area contributed by atoms with E-state index in [1.165, 1.54) is 83.5 Å². The lowest BCUT2D eigenvalue weighted by molar-refractivity contribution is 0.660. The van der Waals surface area contributed by atoms with Gasteiger partial charge in [-0.2, -0.15) is 0 Å². The fourth-order valence-corrected chi connectivity index (χ4v) is 11.2. The van der Waals surface area contributed by atoms with Crippen molar-refractivity contribution in [1.82, 2.24) is 0 Å². The first-order valence-corrected chi connectivity index (χ1v) is 20.7. The standard InChI is InChI=1S/C57H41N/c1-56(2)50-22-9-6-16-44(50)48-35-34-42(36-54(48)56)58(40-30-26-38(27-31-40)37-14-4-3-5-15-37)41-32-28-39(29-33-41)43-19-12-21-49-47-18-8-11-24-52(47)57(55(43)49)51-23-10-7-17-45(51)46-20-13-25-53(46)57/h3-6,8-9,12-23,26-36H,11,24-25H2,1-2H3. The van der Waals surface area contributed by atoms with Gasteiger partial charge in [0.05, 0.1) is 5.41 Å². The van der Waals surface area contributed by atoms with Gasteiger partial charge >= 0.3 is 0 Å². The number of hydrogen-bond donors (Lipinski definition) is 0.